The molecular weight excluding hydrogens is 288 g/mol. The average Bonchev–Trinajstić information content (AvgIpc) is 2.54. The molecule has 1 heterocycles. The first-order chi connectivity index (χ1) is 10.7. The third-order valence-corrected chi connectivity index (χ3v) is 3.15. The number of rotatable bonds is 6. The van der Waals surface area contributed by atoms with Gasteiger partial charge in [-0.15, -0.1) is 0 Å². The van der Waals surface area contributed by atoms with Gasteiger partial charge in [0.1, 0.15) is 5.75 Å². The lowest BCUT2D eigenvalue weighted by Crippen LogP contribution is -2.43. The van der Waals surface area contributed by atoms with Gasteiger partial charge in [-0.05, 0) is 24.3 Å². The van der Waals surface area contributed by atoms with E-state index in [9.17, 15) is 9.59 Å². The molecule has 0 spiro atoms. The Bertz CT molecular complexity index is 497. The van der Waals surface area contributed by atoms with Crippen LogP contribution in [-0.4, -0.2) is 51.4 Å². The van der Waals surface area contributed by atoms with E-state index in [-0.39, 0.29) is 18.6 Å². The van der Waals surface area contributed by atoms with Crippen molar-refractivity contribution in [1.82, 2.24) is 5.32 Å². The van der Waals surface area contributed by atoms with Gasteiger partial charge in [0.15, 0.2) is 6.61 Å². The highest BCUT2D eigenvalue weighted by Gasteiger charge is 2.16. The molecule has 1 saturated heterocycles. The Morgan fingerprint density at radius 2 is 2.14 bits per heavy atom. The maximum absolute atomic E-state index is 11.9. The number of carbonyl (C=O) groups excluding carboxylic acids is 2. The fourth-order valence-corrected chi connectivity index (χ4v) is 2.02. The smallest absolute Gasteiger partial charge is 0.343 e. The van der Waals surface area contributed by atoms with E-state index in [2.05, 4.69) is 15.4 Å². The maximum atomic E-state index is 11.9. The second-order valence-electron chi connectivity index (χ2n) is 4.87. The van der Waals surface area contributed by atoms with Crippen LogP contribution in [0.2, 0.25) is 0 Å². The molecule has 0 saturated carbocycles. The van der Waals surface area contributed by atoms with Crippen molar-refractivity contribution < 1.29 is 23.8 Å². The van der Waals surface area contributed by atoms with E-state index in [1.54, 1.807) is 24.3 Å². The lowest BCUT2D eigenvalue weighted by Gasteiger charge is -2.23. The lowest BCUT2D eigenvalue weighted by molar-refractivity contribution is -0.142. The molecule has 1 amide bonds. The van der Waals surface area contributed by atoms with Gasteiger partial charge in [0, 0.05) is 24.7 Å². The summed E-state index contributed by atoms with van der Waals surface area (Å²) in [5, 5.41) is 6.04. The van der Waals surface area contributed by atoms with Crippen LogP contribution in [0.25, 0.3) is 0 Å². The van der Waals surface area contributed by atoms with Crippen LogP contribution >= 0.6 is 0 Å². The number of methoxy groups -OCH3 is 1. The topological polar surface area (TPSA) is 85.9 Å². The van der Waals surface area contributed by atoms with Crippen LogP contribution in [0, 0.1) is 0 Å². The molecule has 1 aliphatic heterocycles. The maximum Gasteiger partial charge on any atom is 0.343 e. The molecule has 1 aromatic rings. The minimum atomic E-state index is -0.445. The molecule has 0 bridgehead atoms. The zero-order chi connectivity index (χ0) is 15.8. The minimum Gasteiger partial charge on any atom is -0.482 e. The molecule has 0 aromatic heterocycles. The molecule has 2 rings (SSSR count). The zero-order valence-electron chi connectivity index (χ0n) is 12.5. The van der Waals surface area contributed by atoms with Gasteiger partial charge in [-0.25, -0.2) is 4.79 Å². The summed E-state index contributed by atoms with van der Waals surface area (Å²) < 4.78 is 15.0. The summed E-state index contributed by atoms with van der Waals surface area (Å²) in [6, 6.07) is 6.85. The highest BCUT2D eigenvalue weighted by molar-refractivity contribution is 5.91. The first-order valence-electron chi connectivity index (χ1n) is 7.08. The van der Waals surface area contributed by atoms with Gasteiger partial charge < -0.3 is 24.8 Å². The predicted octanol–water partition coefficient (Wildman–Crippen LogP) is 0.555. The monoisotopic (exact) mass is 308 g/mol. The first kappa shape index (κ1) is 16.3. The van der Waals surface area contributed by atoms with Crippen molar-refractivity contribution in [2.24, 2.45) is 0 Å². The van der Waals surface area contributed by atoms with E-state index in [1.807, 2.05) is 0 Å². The van der Waals surface area contributed by atoms with E-state index in [0.29, 0.717) is 31.1 Å². The fourth-order valence-electron chi connectivity index (χ4n) is 2.02. The van der Waals surface area contributed by atoms with Crippen molar-refractivity contribution in [2.75, 3.05) is 38.8 Å². The number of amides is 1. The SMILES string of the molecule is COC(=O)COc1ccc(NC(=O)CC2COCCN2)cc1. The van der Waals surface area contributed by atoms with E-state index >= 15 is 0 Å². The third kappa shape index (κ3) is 5.34. The van der Waals surface area contributed by atoms with Crippen molar-refractivity contribution in [3.05, 3.63) is 24.3 Å². The van der Waals surface area contributed by atoms with Gasteiger partial charge in [0.05, 0.1) is 20.3 Å². The van der Waals surface area contributed by atoms with Crippen LogP contribution in [0.4, 0.5) is 5.69 Å². The minimum absolute atomic E-state index is 0.0522. The molecular formula is C15H20N2O5. The van der Waals surface area contributed by atoms with Crippen LogP contribution in [-0.2, 0) is 19.1 Å². The molecule has 1 unspecified atom stereocenters. The molecule has 2 N–H and O–H groups in total. The molecule has 0 aliphatic carbocycles. The number of carbonyl (C=O) groups is 2. The van der Waals surface area contributed by atoms with Crippen LogP contribution < -0.4 is 15.4 Å². The van der Waals surface area contributed by atoms with Crippen molar-refractivity contribution in [1.29, 1.82) is 0 Å². The second-order valence-corrected chi connectivity index (χ2v) is 4.87. The number of esters is 1. The Labute approximate surface area is 128 Å². The Kier molecular flexibility index (Phi) is 6.17. The summed E-state index contributed by atoms with van der Waals surface area (Å²) in [5.74, 6) is 0.0107. The van der Waals surface area contributed by atoms with Gasteiger partial charge in [-0.1, -0.05) is 0 Å². The predicted molar refractivity (Wildman–Crippen MR) is 79.8 cm³/mol. The van der Waals surface area contributed by atoms with Crippen LogP contribution in [0.3, 0.4) is 0 Å². The second kappa shape index (κ2) is 8.35. The van der Waals surface area contributed by atoms with Gasteiger partial charge in [-0.2, -0.15) is 0 Å². The molecule has 1 aromatic carbocycles. The fraction of sp³-hybridized carbons (Fsp3) is 0.467. The Hall–Kier alpha value is -2.12. The summed E-state index contributed by atoms with van der Waals surface area (Å²) in [4.78, 5) is 22.9. The molecule has 7 heteroatoms. The molecule has 0 radical (unpaired) electrons. The van der Waals surface area contributed by atoms with E-state index < -0.39 is 5.97 Å². The third-order valence-electron chi connectivity index (χ3n) is 3.15. The van der Waals surface area contributed by atoms with Gasteiger partial charge in [0.25, 0.3) is 0 Å². The largest absolute Gasteiger partial charge is 0.482 e. The number of hydrogen-bond donors (Lipinski definition) is 2. The molecule has 1 fully saturated rings. The molecule has 7 nitrogen and oxygen atoms in total. The van der Waals surface area contributed by atoms with Crippen molar-refractivity contribution >= 4 is 17.6 Å². The Balaban J connectivity index is 1.77. The summed E-state index contributed by atoms with van der Waals surface area (Å²) >= 11 is 0. The lowest BCUT2D eigenvalue weighted by atomic mass is 10.2. The standard InChI is InChI=1S/C15H20N2O5/c1-20-15(19)10-22-13-4-2-11(3-5-13)17-14(18)8-12-9-21-7-6-16-12/h2-5,12,16H,6-10H2,1H3,(H,17,18). The number of hydrogen-bond acceptors (Lipinski definition) is 6. The average molecular weight is 308 g/mol. The summed E-state index contributed by atoms with van der Waals surface area (Å²) in [6.07, 6.45) is 0.362. The quantitative estimate of drug-likeness (QED) is 0.747. The van der Waals surface area contributed by atoms with E-state index in [0.717, 1.165) is 6.54 Å². The normalized spacial score (nSPS) is 17.6. The number of morpholine rings is 1. The number of ether oxygens (including phenoxy) is 3. The molecule has 120 valence electrons. The molecule has 22 heavy (non-hydrogen) atoms. The number of nitrogens with one attached hydrogen (secondary N) is 2. The van der Waals surface area contributed by atoms with Crippen molar-refractivity contribution in [3.8, 4) is 5.75 Å². The zero-order valence-corrected chi connectivity index (χ0v) is 12.5. The first-order valence-corrected chi connectivity index (χ1v) is 7.08. The van der Waals surface area contributed by atoms with E-state index in [4.69, 9.17) is 9.47 Å². The molecule has 1 aliphatic rings. The van der Waals surface area contributed by atoms with Gasteiger partial charge >= 0.3 is 5.97 Å². The van der Waals surface area contributed by atoms with Gasteiger partial charge in [0.2, 0.25) is 5.91 Å². The van der Waals surface area contributed by atoms with Crippen LogP contribution in [0.5, 0.6) is 5.75 Å². The highest BCUT2D eigenvalue weighted by Crippen LogP contribution is 2.16. The van der Waals surface area contributed by atoms with Crippen molar-refractivity contribution in [3.63, 3.8) is 0 Å². The van der Waals surface area contributed by atoms with Gasteiger partial charge in [-0.3, -0.25) is 4.79 Å². The summed E-state index contributed by atoms with van der Waals surface area (Å²) in [7, 11) is 1.30. The summed E-state index contributed by atoms with van der Waals surface area (Å²) in [5.41, 5.74) is 0.673. The number of anilines is 1. The highest BCUT2D eigenvalue weighted by atomic mass is 16.6. The molecule has 1 atom stereocenters. The summed E-state index contributed by atoms with van der Waals surface area (Å²) in [6.45, 7) is 1.86. The Morgan fingerprint density at radius 1 is 1.36 bits per heavy atom. The van der Waals surface area contributed by atoms with Crippen molar-refractivity contribution in [2.45, 2.75) is 12.5 Å². The van der Waals surface area contributed by atoms with E-state index in [1.165, 1.54) is 7.11 Å². The number of benzene rings is 1. The van der Waals surface area contributed by atoms with Crippen LogP contribution in [0.1, 0.15) is 6.42 Å². The van der Waals surface area contributed by atoms with Crippen LogP contribution in [0.15, 0.2) is 24.3 Å². The Morgan fingerprint density at radius 3 is 2.77 bits per heavy atom.